The number of nitrogens with one attached hydrogen (secondary N) is 2. The van der Waals surface area contributed by atoms with Crippen molar-refractivity contribution in [3.8, 4) is 0 Å². The van der Waals surface area contributed by atoms with E-state index in [1.807, 2.05) is 19.1 Å². The van der Waals surface area contributed by atoms with E-state index in [1.165, 1.54) is 15.8 Å². The first-order valence-corrected chi connectivity index (χ1v) is 15.6. The van der Waals surface area contributed by atoms with Gasteiger partial charge in [0.1, 0.15) is 0 Å². The Kier molecular flexibility index (Phi) is 8.76. The number of anilines is 2. The molecular weight excluding hydrogens is 556 g/mol. The summed E-state index contributed by atoms with van der Waals surface area (Å²) in [4.78, 5) is 47.9. The zero-order chi connectivity index (χ0) is 30.8. The highest BCUT2D eigenvalue weighted by atomic mass is 16.2. The van der Waals surface area contributed by atoms with Crippen LogP contribution in [-0.2, 0) is 23.2 Å². The van der Waals surface area contributed by atoms with E-state index in [0.29, 0.717) is 24.3 Å². The van der Waals surface area contributed by atoms with Crippen molar-refractivity contribution in [2.45, 2.75) is 50.6 Å². The highest BCUT2D eigenvalue weighted by Crippen LogP contribution is 2.30. The monoisotopic (exact) mass is 598 g/mol. The summed E-state index contributed by atoms with van der Waals surface area (Å²) in [5.74, 6) is -0.410. The molecule has 3 aromatic rings. The number of rotatable bonds is 7. The molecule has 0 radical (unpaired) electrons. The number of benzene rings is 1. The quantitative estimate of drug-likeness (QED) is 0.395. The minimum atomic E-state index is -0.367. The van der Waals surface area contributed by atoms with Gasteiger partial charge in [0, 0.05) is 82.8 Å². The Hall–Kier alpha value is -4.09. The molecule has 2 amide bonds. The predicted molar refractivity (Wildman–Crippen MR) is 170 cm³/mol. The number of likely N-dealkylation sites (N-methyl/N-ethyl adjacent to an activating group) is 1. The molecule has 0 saturated carbocycles. The fraction of sp³-hybridized carbons (Fsp3) is 0.485. The Labute approximate surface area is 258 Å². The summed E-state index contributed by atoms with van der Waals surface area (Å²) in [5, 5.41) is 10.2. The lowest BCUT2D eigenvalue weighted by molar-refractivity contribution is -0.134. The van der Waals surface area contributed by atoms with Gasteiger partial charge in [0.05, 0.1) is 23.5 Å². The summed E-state index contributed by atoms with van der Waals surface area (Å²) in [6, 6.07) is 13.4. The average Bonchev–Trinajstić information content (AvgIpc) is 3.02. The third-order valence-corrected chi connectivity index (χ3v) is 9.33. The van der Waals surface area contributed by atoms with Crippen LogP contribution in [0.2, 0.25) is 0 Å². The van der Waals surface area contributed by atoms with Gasteiger partial charge in [-0.1, -0.05) is 24.3 Å². The van der Waals surface area contributed by atoms with Crippen molar-refractivity contribution in [3.63, 3.8) is 0 Å². The molecule has 232 valence electrons. The first kappa shape index (κ1) is 30.0. The largest absolute Gasteiger partial charge is 0.379 e. The van der Waals surface area contributed by atoms with Crippen LogP contribution in [0.1, 0.15) is 53.5 Å². The van der Waals surface area contributed by atoms with Crippen LogP contribution in [-0.4, -0.2) is 88.7 Å². The summed E-state index contributed by atoms with van der Waals surface area (Å²) in [6.07, 6.45) is 5.39. The number of hydrogen-bond donors (Lipinski definition) is 2. The third-order valence-electron chi connectivity index (χ3n) is 9.33. The molecule has 0 bridgehead atoms. The Bertz CT molecular complexity index is 1560. The van der Waals surface area contributed by atoms with Crippen molar-refractivity contribution in [3.05, 3.63) is 81.5 Å². The molecule has 3 aliphatic rings. The molecule has 1 aromatic carbocycles. The van der Waals surface area contributed by atoms with Gasteiger partial charge in [0.2, 0.25) is 11.8 Å². The molecule has 44 heavy (non-hydrogen) atoms. The molecule has 1 unspecified atom stereocenters. The number of piperazine rings is 1. The Morgan fingerprint density at radius 3 is 2.52 bits per heavy atom. The topological polar surface area (TPSA) is 116 Å². The van der Waals surface area contributed by atoms with Gasteiger partial charge in [-0.2, -0.15) is 5.10 Å². The highest BCUT2D eigenvalue weighted by Gasteiger charge is 2.30. The summed E-state index contributed by atoms with van der Waals surface area (Å²) < 4.78 is 1.37. The molecule has 6 rings (SSSR count). The summed E-state index contributed by atoms with van der Waals surface area (Å²) >= 11 is 0. The van der Waals surface area contributed by atoms with E-state index in [2.05, 4.69) is 66.7 Å². The lowest BCUT2D eigenvalue weighted by Gasteiger charge is -2.37. The van der Waals surface area contributed by atoms with Gasteiger partial charge in [-0.15, -0.1) is 0 Å². The van der Waals surface area contributed by atoms with Gasteiger partial charge in [0.15, 0.2) is 0 Å². The van der Waals surface area contributed by atoms with Crippen LogP contribution in [0.4, 0.5) is 11.4 Å². The molecule has 3 aliphatic heterocycles. The predicted octanol–water partition coefficient (Wildman–Crippen LogP) is 2.23. The fourth-order valence-corrected chi connectivity index (χ4v) is 6.80. The number of hydrogen-bond acceptors (Lipinski definition) is 9. The van der Waals surface area contributed by atoms with E-state index in [0.717, 1.165) is 69.3 Å². The summed E-state index contributed by atoms with van der Waals surface area (Å²) in [5.41, 5.74) is 5.93. The van der Waals surface area contributed by atoms with Crippen LogP contribution >= 0.6 is 0 Å². The van der Waals surface area contributed by atoms with Gasteiger partial charge >= 0.3 is 0 Å². The zero-order valence-corrected chi connectivity index (χ0v) is 25.8. The fourth-order valence-electron chi connectivity index (χ4n) is 6.80. The van der Waals surface area contributed by atoms with Crippen LogP contribution in [0.3, 0.4) is 0 Å². The molecular formula is C33H42N8O3. The van der Waals surface area contributed by atoms with Gasteiger partial charge < -0.3 is 15.1 Å². The molecule has 0 aliphatic carbocycles. The van der Waals surface area contributed by atoms with Crippen molar-refractivity contribution in [2.24, 2.45) is 7.05 Å². The van der Waals surface area contributed by atoms with Gasteiger partial charge in [-0.05, 0) is 56.0 Å². The van der Waals surface area contributed by atoms with Crippen LogP contribution in [0, 0.1) is 6.92 Å². The molecule has 11 nitrogen and oxygen atoms in total. The lowest BCUT2D eigenvalue weighted by Crippen LogP contribution is -2.46. The first-order chi connectivity index (χ1) is 21.2. The number of aryl methyl sites for hydroxylation is 1. The van der Waals surface area contributed by atoms with E-state index in [4.69, 9.17) is 0 Å². The number of aromatic nitrogens is 3. The van der Waals surface area contributed by atoms with E-state index >= 15 is 0 Å². The Morgan fingerprint density at radius 2 is 1.77 bits per heavy atom. The Balaban J connectivity index is 1.02. The van der Waals surface area contributed by atoms with Crippen LogP contribution in [0.15, 0.2) is 53.6 Å². The number of carbonyl (C=O) groups excluding carboxylic acids is 2. The minimum absolute atomic E-state index is 0.0657. The van der Waals surface area contributed by atoms with E-state index in [-0.39, 0.29) is 29.3 Å². The Morgan fingerprint density at radius 1 is 1.00 bits per heavy atom. The zero-order valence-electron chi connectivity index (χ0n) is 25.8. The van der Waals surface area contributed by atoms with Crippen LogP contribution in [0.5, 0.6) is 0 Å². The van der Waals surface area contributed by atoms with Gasteiger partial charge in [-0.3, -0.25) is 29.6 Å². The van der Waals surface area contributed by atoms with Gasteiger partial charge in [0.25, 0.3) is 5.56 Å². The second-order valence-corrected chi connectivity index (χ2v) is 12.6. The van der Waals surface area contributed by atoms with Crippen LogP contribution in [0.25, 0.3) is 0 Å². The molecule has 2 aromatic heterocycles. The number of carbonyl (C=O) groups is 2. The number of likely N-dealkylation sites (tertiary alicyclic amines) is 1. The minimum Gasteiger partial charge on any atom is -0.379 e. The number of nitrogens with zero attached hydrogens (tertiary/aromatic N) is 6. The summed E-state index contributed by atoms with van der Waals surface area (Å²) in [6.45, 7) is 8.42. The third kappa shape index (κ3) is 6.68. The molecule has 3 atom stereocenters. The van der Waals surface area contributed by atoms with E-state index < -0.39 is 0 Å². The maximum atomic E-state index is 12.3. The van der Waals surface area contributed by atoms with Crippen molar-refractivity contribution < 1.29 is 9.59 Å². The van der Waals surface area contributed by atoms with Crippen molar-refractivity contribution in [1.82, 2.24) is 29.9 Å². The molecule has 3 fully saturated rings. The first-order valence-electron chi connectivity index (χ1n) is 15.6. The standard InChI is InChI=1S/C33H42N8O3/c1-22-30(18-35-39(3)33(22)44)36-26-16-25(20-38(2)21-26)24-6-4-23(5-7-24)19-40-12-14-41(15-13-40)27-10-11-34-29(17-27)28-8-9-31(42)37-32(28)43/h4-7,10-11,17-18,25-26,28,36H,8-9,12-16,19-21H2,1-3H3,(H,37,42,43)/t25-,26+,28?/m0/s1. The van der Waals surface area contributed by atoms with Gasteiger partial charge in [-0.25, -0.2) is 4.68 Å². The van der Waals surface area contributed by atoms with Crippen molar-refractivity contribution in [1.29, 1.82) is 0 Å². The normalized spacial score (nSPS) is 23.4. The molecule has 11 heteroatoms. The van der Waals surface area contributed by atoms with Crippen molar-refractivity contribution in [2.75, 3.05) is 56.5 Å². The van der Waals surface area contributed by atoms with Crippen LogP contribution < -0.4 is 21.1 Å². The highest BCUT2D eigenvalue weighted by molar-refractivity contribution is 6.00. The number of amides is 2. The second-order valence-electron chi connectivity index (χ2n) is 12.6. The van der Waals surface area contributed by atoms with Crippen molar-refractivity contribution >= 4 is 23.2 Å². The SMILES string of the molecule is Cc1c(N[C@@H]2C[C@H](c3ccc(CN4CCN(c5ccnc(C6CCC(=O)NC6=O)c5)CC4)cc3)CN(C)C2)cnn(C)c1=O. The number of pyridine rings is 1. The lowest BCUT2D eigenvalue weighted by atomic mass is 9.87. The van der Waals surface area contributed by atoms with E-state index in [1.54, 1.807) is 19.4 Å². The second kappa shape index (κ2) is 12.9. The molecule has 2 N–H and O–H groups in total. The van der Waals surface area contributed by atoms with E-state index in [9.17, 15) is 14.4 Å². The average molecular weight is 599 g/mol. The molecule has 0 spiro atoms. The smallest absolute Gasteiger partial charge is 0.271 e. The number of imide groups is 1. The summed E-state index contributed by atoms with van der Waals surface area (Å²) in [7, 11) is 3.84. The maximum Gasteiger partial charge on any atom is 0.271 e. The maximum absolute atomic E-state index is 12.3. The molecule has 3 saturated heterocycles. The molecule has 5 heterocycles. The number of piperidine rings is 2.